The minimum Gasteiger partial charge on any atom is -0.480 e. The smallest absolute Gasteiger partial charge is 0.327 e. The number of rotatable bonds is 53. The molecule has 0 heterocycles. The molecule has 0 aliphatic heterocycles. The van der Waals surface area contributed by atoms with E-state index in [0.717, 1.165) is 44.9 Å². The number of aliphatic hydroxyl groups excluding tert-OH is 2. The number of carboxylic acid groups (broad SMARTS) is 1. The van der Waals surface area contributed by atoms with Gasteiger partial charge in [0.15, 0.2) is 12.6 Å². The van der Waals surface area contributed by atoms with Crippen molar-refractivity contribution in [3.63, 3.8) is 0 Å². The van der Waals surface area contributed by atoms with E-state index in [9.17, 15) is 24.9 Å². The van der Waals surface area contributed by atoms with Gasteiger partial charge in [-0.05, 0) is 32.1 Å². The summed E-state index contributed by atoms with van der Waals surface area (Å²) in [5, 5.41) is 34.1. The first kappa shape index (κ1) is 62.1. The molecule has 0 spiro atoms. The molecule has 0 aliphatic carbocycles. The molecule has 4 atom stereocenters. The Balaban J connectivity index is 4.58. The van der Waals surface area contributed by atoms with Gasteiger partial charge in [-0.15, -0.1) is 0 Å². The zero-order valence-corrected chi connectivity index (χ0v) is 42.8. The Bertz CT molecular complexity index is 942. The Labute approximate surface area is 395 Å². The van der Waals surface area contributed by atoms with Crippen molar-refractivity contribution in [2.75, 3.05) is 18.1 Å². The summed E-state index contributed by atoms with van der Waals surface area (Å²) in [4.78, 5) is 24.8. The van der Waals surface area contributed by atoms with Crippen molar-refractivity contribution in [3.8, 4) is 0 Å². The Morgan fingerprint density at radius 2 is 0.762 bits per heavy atom. The second-order valence-electron chi connectivity index (χ2n) is 19.1. The summed E-state index contributed by atoms with van der Waals surface area (Å²) < 4.78 is 11.9. The van der Waals surface area contributed by atoms with Crippen molar-refractivity contribution in [2.45, 2.75) is 315 Å². The molecule has 1 amide bonds. The predicted molar refractivity (Wildman–Crippen MR) is 271 cm³/mol. The summed E-state index contributed by atoms with van der Waals surface area (Å²) in [6.07, 6.45) is 48.1. The molecule has 3 unspecified atom stereocenters. The third-order valence-electron chi connectivity index (χ3n) is 12.7. The lowest BCUT2D eigenvalue weighted by molar-refractivity contribution is -0.177. The molecular formula is C54H107NO7S. The van der Waals surface area contributed by atoms with Gasteiger partial charge in [-0.25, -0.2) is 4.79 Å². The molecule has 0 saturated heterocycles. The number of unbranched alkanes of at least 4 members (excludes halogenated alkanes) is 36. The average molecular weight is 915 g/mol. The molecule has 0 aromatic heterocycles. The number of amides is 1. The van der Waals surface area contributed by atoms with Crippen LogP contribution in [0, 0.1) is 0 Å². The maximum atomic E-state index is 12.7. The lowest BCUT2D eigenvalue weighted by Gasteiger charge is -2.24. The van der Waals surface area contributed by atoms with Crippen molar-refractivity contribution in [2.24, 2.45) is 0 Å². The van der Waals surface area contributed by atoms with Crippen LogP contribution < -0.4 is 5.32 Å². The maximum Gasteiger partial charge on any atom is 0.327 e. The van der Waals surface area contributed by atoms with Crippen LogP contribution in [0.4, 0.5) is 0 Å². The molecule has 0 rings (SSSR count). The average Bonchev–Trinajstić information content (AvgIpc) is 3.27. The molecule has 0 aromatic rings. The van der Waals surface area contributed by atoms with Crippen molar-refractivity contribution in [3.05, 3.63) is 0 Å². The first-order valence-electron chi connectivity index (χ1n) is 27.6. The SMILES string of the molecule is CCCCCCCCCCCCCCCC(=O)NC(CSCC(COC(O)CCCCCCCCCCCCCCC)O[C@@H](O)CCCCCCCCCCCCCCC)C(=O)O. The quantitative estimate of drug-likeness (QED) is 0.0351. The van der Waals surface area contributed by atoms with Gasteiger partial charge in [-0.3, -0.25) is 4.79 Å². The van der Waals surface area contributed by atoms with Crippen LogP contribution in [-0.2, 0) is 19.1 Å². The van der Waals surface area contributed by atoms with Gasteiger partial charge in [0, 0.05) is 17.9 Å². The normalized spacial score (nSPS) is 13.6. The molecule has 0 fully saturated rings. The van der Waals surface area contributed by atoms with E-state index in [-0.39, 0.29) is 18.3 Å². The second kappa shape index (κ2) is 50.5. The van der Waals surface area contributed by atoms with Crippen molar-refractivity contribution in [1.82, 2.24) is 5.32 Å². The third kappa shape index (κ3) is 47.4. The summed E-state index contributed by atoms with van der Waals surface area (Å²) in [5.41, 5.74) is 0. The Morgan fingerprint density at radius 1 is 0.444 bits per heavy atom. The maximum absolute atomic E-state index is 12.7. The number of aliphatic hydroxyl groups is 2. The van der Waals surface area contributed by atoms with Crippen LogP contribution in [-0.4, -0.2) is 70.0 Å². The number of aliphatic carboxylic acids is 1. The third-order valence-corrected chi connectivity index (χ3v) is 13.8. The number of carboxylic acids is 1. The van der Waals surface area contributed by atoms with Crippen molar-refractivity contribution in [1.29, 1.82) is 0 Å². The van der Waals surface area contributed by atoms with E-state index in [2.05, 4.69) is 26.1 Å². The molecular weight excluding hydrogens is 807 g/mol. The van der Waals surface area contributed by atoms with Crippen molar-refractivity contribution < 1.29 is 34.4 Å². The number of hydrogen-bond acceptors (Lipinski definition) is 7. The van der Waals surface area contributed by atoms with Crippen LogP contribution >= 0.6 is 11.8 Å². The number of carbonyl (C=O) groups excluding carboxylic acids is 1. The van der Waals surface area contributed by atoms with Gasteiger partial charge in [0.2, 0.25) is 5.91 Å². The largest absolute Gasteiger partial charge is 0.480 e. The molecule has 0 aliphatic rings. The van der Waals surface area contributed by atoms with Crippen molar-refractivity contribution >= 4 is 23.6 Å². The summed E-state index contributed by atoms with van der Waals surface area (Å²) >= 11 is 1.37. The molecule has 8 nitrogen and oxygen atoms in total. The molecule has 0 saturated carbocycles. The molecule has 0 radical (unpaired) electrons. The van der Waals surface area contributed by atoms with E-state index in [4.69, 9.17) is 9.47 Å². The molecule has 9 heteroatoms. The number of ether oxygens (including phenoxy) is 2. The highest BCUT2D eigenvalue weighted by atomic mass is 32.2. The summed E-state index contributed by atoms with van der Waals surface area (Å²) in [6.45, 7) is 6.90. The topological polar surface area (TPSA) is 125 Å². The minimum absolute atomic E-state index is 0.116. The van der Waals surface area contributed by atoms with Crippen LogP contribution in [0.25, 0.3) is 0 Å². The fourth-order valence-corrected chi connectivity index (χ4v) is 9.49. The molecule has 4 N–H and O–H groups in total. The van der Waals surface area contributed by atoms with Crippen LogP contribution in [0.5, 0.6) is 0 Å². The highest BCUT2D eigenvalue weighted by Gasteiger charge is 2.23. The van der Waals surface area contributed by atoms with E-state index >= 15 is 0 Å². The number of hydrogen-bond donors (Lipinski definition) is 4. The number of nitrogens with one attached hydrogen (secondary N) is 1. The number of thioether (sulfide) groups is 1. The Hall–Kier alpha value is -0.870. The fraction of sp³-hybridized carbons (Fsp3) is 0.963. The van der Waals surface area contributed by atoms with E-state index in [1.807, 2.05) is 0 Å². The second-order valence-corrected chi connectivity index (χ2v) is 20.1. The zero-order valence-electron chi connectivity index (χ0n) is 42.0. The lowest BCUT2D eigenvalue weighted by atomic mass is 10.0. The molecule has 0 bridgehead atoms. The van der Waals surface area contributed by atoms with Gasteiger partial charge >= 0.3 is 5.97 Å². The minimum atomic E-state index is -1.05. The van der Waals surface area contributed by atoms with Gasteiger partial charge in [0.05, 0.1) is 12.7 Å². The fourth-order valence-electron chi connectivity index (χ4n) is 8.45. The van der Waals surface area contributed by atoms with Gasteiger partial charge < -0.3 is 30.1 Å². The van der Waals surface area contributed by atoms with Crippen LogP contribution in [0.3, 0.4) is 0 Å². The Morgan fingerprint density at radius 3 is 1.11 bits per heavy atom. The summed E-state index contributed by atoms with van der Waals surface area (Å²) in [6, 6.07) is -0.997. The Kier molecular flexibility index (Phi) is 49.8. The van der Waals surface area contributed by atoms with Gasteiger partial charge in [0.1, 0.15) is 6.04 Å². The first-order chi connectivity index (χ1) is 30.8. The molecule has 376 valence electrons. The predicted octanol–water partition coefficient (Wildman–Crippen LogP) is 15.8. The van der Waals surface area contributed by atoms with Gasteiger partial charge in [-0.1, -0.05) is 252 Å². The van der Waals surface area contributed by atoms with Crippen LogP contribution in [0.15, 0.2) is 0 Å². The van der Waals surface area contributed by atoms with E-state index in [1.165, 1.54) is 217 Å². The zero-order chi connectivity index (χ0) is 46.1. The van der Waals surface area contributed by atoms with E-state index in [1.54, 1.807) is 0 Å². The highest BCUT2D eigenvalue weighted by Crippen LogP contribution is 2.19. The van der Waals surface area contributed by atoms with Crippen LogP contribution in [0.2, 0.25) is 0 Å². The van der Waals surface area contributed by atoms with Crippen LogP contribution in [0.1, 0.15) is 290 Å². The summed E-state index contributed by atoms with van der Waals surface area (Å²) in [7, 11) is 0. The monoisotopic (exact) mass is 914 g/mol. The lowest BCUT2D eigenvalue weighted by Crippen LogP contribution is -2.43. The highest BCUT2D eigenvalue weighted by molar-refractivity contribution is 7.99. The molecule has 63 heavy (non-hydrogen) atoms. The van der Waals surface area contributed by atoms with Gasteiger partial charge in [0.25, 0.3) is 0 Å². The van der Waals surface area contributed by atoms with Gasteiger partial charge in [-0.2, -0.15) is 11.8 Å². The summed E-state index contributed by atoms with van der Waals surface area (Å²) in [5.74, 6) is -0.687. The van der Waals surface area contributed by atoms with E-state index < -0.39 is 30.7 Å². The number of carbonyl (C=O) groups is 2. The first-order valence-corrected chi connectivity index (χ1v) is 28.7. The van der Waals surface area contributed by atoms with E-state index in [0.29, 0.717) is 25.0 Å². The molecule has 0 aromatic carbocycles. The standard InChI is InChI=1S/C54H107NO7S/c1-4-7-10-13-16-19-22-25-28-31-34-37-40-43-51(56)55-50(54(59)60)48-63-47-49(62-53(58)45-42-39-36-33-30-27-24-21-18-15-12-9-6-3)46-61-52(57)44-41-38-35-32-29-26-23-20-17-14-11-8-5-2/h49-50,52-53,57-58H,4-48H2,1-3H3,(H,55,56)(H,59,60)/t49?,50?,52?,53-/m1/s1.